The first kappa shape index (κ1) is 11.1. The van der Waals surface area contributed by atoms with Gasteiger partial charge in [0.2, 0.25) is 0 Å². The number of aryl methyl sites for hydroxylation is 1. The highest BCUT2D eigenvalue weighted by Crippen LogP contribution is 2.34. The first-order valence-electron chi connectivity index (χ1n) is 5.29. The van der Waals surface area contributed by atoms with Crippen LogP contribution >= 0.6 is 15.9 Å². The van der Waals surface area contributed by atoms with E-state index in [4.69, 9.17) is 0 Å². The number of rotatable bonds is 4. The van der Waals surface area contributed by atoms with Crippen LogP contribution in [-0.2, 0) is 6.42 Å². The van der Waals surface area contributed by atoms with Gasteiger partial charge in [-0.05, 0) is 55.4 Å². The molecule has 1 atom stereocenters. The summed E-state index contributed by atoms with van der Waals surface area (Å²) in [6.45, 7) is 0. The second-order valence-electron chi connectivity index (χ2n) is 4.18. The van der Waals surface area contributed by atoms with Crippen molar-refractivity contribution in [2.75, 3.05) is 0 Å². The molecule has 0 radical (unpaired) electrons. The Morgan fingerprint density at radius 1 is 1.47 bits per heavy atom. The van der Waals surface area contributed by atoms with Crippen molar-refractivity contribution in [1.29, 1.82) is 0 Å². The Morgan fingerprint density at radius 3 is 2.87 bits per heavy atom. The molecule has 1 N–H and O–H groups in total. The van der Waals surface area contributed by atoms with Gasteiger partial charge in [0.05, 0.1) is 6.10 Å². The summed E-state index contributed by atoms with van der Waals surface area (Å²) >= 11 is 3.32. The van der Waals surface area contributed by atoms with Crippen LogP contribution in [0.5, 0.6) is 0 Å². The molecular formula is C12H14BrFO. The van der Waals surface area contributed by atoms with Gasteiger partial charge < -0.3 is 5.11 Å². The molecule has 2 rings (SSSR count). The Labute approximate surface area is 97.4 Å². The van der Waals surface area contributed by atoms with Crippen molar-refractivity contribution in [3.8, 4) is 0 Å². The lowest BCUT2D eigenvalue weighted by molar-refractivity contribution is 0.141. The SMILES string of the molecule is OC(CCc1cc(Br)ccc1F)C1CC1. The van der Waals surface area contributed by atoms with Crippen LogP contribution in [0, 0.1) is 11.7 Å². The van der Waals surface area contributed by atoms with E-state index in [1.807, 2.05) is 0 Å². The van der Waals surface area contributed by atoms with Crippen LogP contribution in [0.15, 0.2) is 22.7 Å². The first-order valence-corrected chi connectivity index (χ1v) is 6.08. The molecule has 1 fully saturated rings. The molecule has 3 heteroatoms. The molecule has 1 aromatic rings. The molecule has 1 unspecified atom stereocenters. The third-order valence-corrected chi connectivity index (χ3v) is 3.38. The van der Waals surface area contributed by atoms with Crippen LogP contribution in [0.1, 0.15) is 24.8 Å². The predicted octanol–water partition coefficient (Wildman–Crippen LogP) is 3.29. The lowest BCUT2D eigenvalue weighted by Crippen LogP contribution is -2.10. The fourth-order valence-corrected chi connectivity index (χ4v) is 2.16. The molecule has 1 aliphatic rings. The molecule has 0 spiro atoms. The molecular weight excluding hydrogens is 259 g/mol. The Balaban J connectivity index is 1.94. The van der Waals surface area contributed by atoms with Crippen LogP contribution in [0.2, 0.25) is 0 Å². The Morgan fingerprint density at radius 2 is 2.20 bits per heavy atom. The number of halogens is 2. The summed E-state index contributed by atoms with van der Waals surface area (Å²) in [5.41, 5.74) is 0.684. The van der Waals surface area contributed by atoms with Crippen LogP contribution in [0.3, 0.4) is 0 Å². The van der Waals surface area contributed by atoms with E-state index in [0.717, 1.165) is 17.3 Å². The third-order valence-electron chi connectivity index (χ3n) is 2.88. The van der Waals surface area contributed by atoms with Gasteiger partial charge in [-0.3, -0.25) is 0 Å². The first-order chi connectivity index (χ1) is 7.16. The molecule has 1 aliphatic carbocycles. The number of aliphatic hydroxyl groups excluding tert-OH is 1. The minimum absolute atomic E-state index is 0.179. The highest BCUT2D eigenvalue weighted by atomic mass is 79.9. The second-order valence-corrected chi connectivity index (χ2v) is 5.09. The quantitative estimate of drug-likeness (QED) is 0.892. The van der Waals surface area contributed by atoms with E-state index in [9.17, 15) is 9.50 Å². The van der Waals surface area contributed by atoms with Gasteiger partial charge in [-0.2, -0.15) is 0 Å². The smallest absolute Gasteiger partial charge is 0.126 e. The zero-order chi connectivity index (χ0) is 10.8. The average Bonchev–Trinajstić information content (AvgIpc) is 3.02. The second kappa shape index (κ2) is 4.62. The van der Waals surface area contributed by atoms with E-state index in [-0.39, 0.29) is 11.9 Å². The Kier molecular flexibility index (Phi) is 3.42. The number of aliphatic hydroxyl groups is 1. The van der Waals surface area contributed by atoms with Gasteiger partial charge in [-0.1, -0.05) is 15.9 Å². The standard InChI is InChI=1S/C12H14BrFO/c13-10-4-5-11(14)9(7-10)3-6-12(15)8-1-2-8/h4-5,7-8,12,15H,1-3,6H2. The maximum atomic E-state index is 13.3. The highest BCUT2D eigenvalue weighted by Gasteiger charge is 2.29. The summed E-state index contributed by atoms with van der Waals surface area (Å²) in [5, 5.41) is 9.68. The Bertz CT molecular complexity index is 349. The van der Waals surface area contributed by atoms with Crippen molar-refractivity contribution < 1.29 is 9.50 Å². The summed E-state index contributed by atoms with van der Waals surface area (Å²) in [6.07, 6.45) is 3.29. The van der Waals surface area contributed by atoms with Gasteiger partial charge in [0.1, 0.15) is 5.82 Å². The van der Waals surface area contributed by atoms with E-state index in [0.29, 0.717) is 24.3 Å². The largest absolute Gasteiger partial charge is 0.393 e. The fraction of sp³-hybridized carbons (Fsp3) is 0.500. The van der Waals surface area contributed by atoms with Gasteiger partial charge in [-0.25, -0.2) is 4.39 Å². The lowest BCUT2D eigenvalue weighted by Gasteiger charge is -2.09. The van der Waals surface area contributed by atoms with Crippen molar-refractivity contribution in [2.24, 2.45) is 5.92 Å². The molecule has 0 saturated heterocycles. The van der Waals surface area contributed by atoms with Gasteiger partial charge in [0, 0.05) is 4.47 Å². The third kappa shape index (κ3) is 3.02. The van der Waals surface area contributed by atoms with Gasteiger partial charge in [-0.15, -0.1) is 0 Å². The molecule has 0 heterocycles. The summed E-state index contributed by atoms with van der Waals surface area (Å²) in [7, 11) is 0. The summed E-state index contributed by atoms with van der Waals surface area (Å²) in [5.74, 6) is 0.293. The van der Waals surface area contributed by atoms with Crippen molar-refractivity contribution >= 4 is 15.9 Å². The number of hydrogen-bond acceptors (Lipinski definition) is 1. The van der Waals surface area contributed by atoms with Crippen LogP contribution in [-0.4, -0.2) is 11.2 Å². The molecule has 0 aromatic heterocycles. The molecule has 0 bridgehead atoms. The monoisotopic (exact) mass is 272 g/mol. The molecule has 15 heavy (non-hydrogen) atoms. The van der Waals surface area contributed by atoms with E-state index in [1.165, 1.54) is 6.07 Å². The van der Waals surface area contributed by atoms with E-state index < -0.39 is 0 Å². The van der Waals surface area contributed by atoms with Gasteiger partial charge >= 0.3 is 0 Å². The topological polar surface area (TPSA) is 20.2 Å². The number of hydrogen-bond donors (Lipinski definition) is 1. The zero-order valence-electron chi connectivity index (χ0n) is 8.42. The van der Waals surface area contributed by atoms with E-state index in [2.05, 4.69) is 15.9 Å². The van der Waals surface area contributed by atoms with E-state index >= 15 is 0 Å². The fourth-order valence-electron chi connectivity index (χ4n) is 1.75. The molecule has 0 amide bonds. The van der Waals surface area contributed by atoms with Crippen LogP contribution in [0.25, 0.3) is 0 Å². The summed E-state index contributed by atoms with van der Waals surface area (Å²) < 4.78 is 14.2. The molecule has 1 saturated carbocycles. The Hall–Kier alpha value is -0.410. The van der Waals surface area contributed by atoms with Crippen LogP contribution < -0.4 is 0 Å². The minimum Gasteiger partial charge on any atom is -0.393 e. The lowest BCUT2D eigenvalue weighted by atomic mass is 10.0. The molecule has 82 valence electrons. The summed E-state index contributed by atoms with van der Waals surface area (Å²) in [4.78, 5) is 0. The normalized spacial score (nSPS) is 17.8. The maximum absolute atomic E-state index is 13.3. The predicted molar refractivity (Wildman–Crippen MR) is 61.2 cm³/mol. The van der Waals surface area contributed by atoms with Crippen molar-refractivity contribution in [1.82, 2.24) is 0 Å². The minimum atomic E-state index is -0.247. The van der Waals surface area contributed by atoms with Gasteiger partial charge in [0.25, 0.3) is 0 Å². The number of benzene rings is 1. The van der Waals surface area contributed by atoms with Crippen LogP contribution in [0.4, 0.5) is 4.39 Å². The highest BCUT2D eigenvalue weighted by molar-refractivity contribution is 9.10. The average molecular weight is 273 g/mol. The van der Waals surface area contributed by atoms with E-state index in [1.54, 1.807) is 12.1 Å². The molecule has 1 aromatic carbocycles. The summed E-state index contributed by atoms with van der Waals surface area (Å²) in [6, 6.07) is 4.94. The van der Waals surface area contributed by atoms with Gasteiger partial charge in [0.15, 0.2) is 0 Å². The maximum Gasteiger partial charge on any atom is 0.126 e. The van der Waals surface area contributed by atoms with Crippen molar-refractivity contribution in [3.05, 3.63) is 34.1 Å². The van der Waals surface area contributed by atoms with Crippen molar-refractivity contribution in [2.45, 2.75) is 31.8 Å². The molecule has 1 nitrogen and oxygen atoms in total. The van der Waals surface area contributed by atoms with Crippen molar-refractivity contribution in [3.63, 3.8) is 0 Å². The molecule has 0 aliphatic heterocycles. The zero-order valence-corrected chi connectivity index (χ0v) is 10.0.